The molecule has 2 saturated heterocycles. The molecule has 0 aromatic heterocycles. The Balaban J connectivity index is 1.94. The van der Waals surface area contributed by atoms with Crippen LogP contribution in [0.25, 0.3) is 0 Å². The molecule has 2 nitrogen and oxygen atoms in total. The smallest absolute Gasteiger partial charge is 0.00254 e. The highest BCUT2D eigenvalue weighted by molar-refractivity contribution is 4.90. The van der Waals surface area contributed by atoms with Gasteiger partial charge in [0.1, 0.15) is 0 Å². The molecule has 2 aliphatic rings. The molecule has 0 spiro atoms. The number of likely N-dealkylation sites (tertiary alicyclic amines) is 1. The summed E-state index contributed by atoms with van der Waals surface area (Å²) in [6.45, 7) is 8.71. The van der Waals surface area contributed by atoms with E-state index >= 15 is 0 Å². The minimum absolute atomic E-state index is 0.972. The van der Waals surface area contributed by atoms with Crippen LogP contribution in [0.1, 0.15) is 6.92 Å². The molecular weight excluding hydrogens is 124 g/mol. The van der Waals surface area contributed by atoms with Gasteiger partial charge in [-0.2, -0.15) is 0 Å². The molecule has 58 valence electrons. The molecule has 0 saturated carbocycles. The highest BCUT2D eigenvalue weighted by atomic mass is 15.2. The number of nitrogens with zero attached hydrogens (tertiary/aromatic N) is 1. The van der Waals surface area contributed by atoms with Gasteiger partial charge in [0.2, 0.25) is 0 Å². The first-order chi connectivity index (χ1) is 4.90. The number of hydrogen-bond donors (Lipinski definition) is 1. The van der Waals surface area contributed by atoms with Crippen LogP contribution in [0.4, 0.5) is 0 Å². The molecule has 2 atom stereocenters. The quantitative estimate of drug-likeness (QED) is 0.558. The summed E-state index contributed by atoms with van der Waals surface area (Å²) in [6.07, 6.45) is 0. The van der Waals surface area contributed by atoms with Gasteiger partial charge in [0, 0.05) is 13.1 Å². The minimum atomic E-state index is 0.972. The Morgan fingerprint density at radius 2 is 1.90 bits per heavy atom. The highest BCUT2D eigenvalue weighted by Gasteiger charge is 2.34. The zero-order chi connectivity index (χ0) is 6.97. The maximum atomic E-state index is 3.44. The number of rotatable bonds is 1. The molecule has 0 unspecified atom stereocenters. The van der Waals surface area contributed by atoms with Gasteiger partial charge < -0.3 is 10.2 Å². The molecule has 2 heterocycles. The van der Waals surface area contributed by atoms with E-state index in [9.17, 15) is 0 Å². The number of fused-ring (bicyclic) bond motifs is 1. The van der Waals surface area contributed by atoms with Crippen molar-refractivity contribution in [2.24, 2.45) is 11.8 Å². The lowest BCUT2D eigenvalue weighted by molar-refractivity contribution is 0.330. The van der Waals surface area contributed by atoms with Gasteiger partial charge >= 0.3 is 0 Å². The Labute approximate surface area is 62.6 Å². The maximum Gasteiger partial charge on any atom is 0.00254 e. The van der Waals surface area contributed by atoms with E-state index in [4.69, 9.17) is 0 Å². The van der Waals surface area contributed by atoms with Crippen LogP contribution in [0.5, 0.6) is 0 Å². The number of hydrogen-bond acceptors (Lipinski definition) is 2. The van der Waals surface area contributed by atoms with Gasteiger partial charge in [0.05, 0.1) is 0 Å². The summed E-state index contributed by atoms with van der Waals surface area (Å²) in [5.41, 5.74) is 0. The van der Waals surface area contributed by atoms with Crippen LogP contribution in [0.3, 0.4) is 0 Å². The molecule has 2 heteroatoms. The molecule has 0 aromatic carbocycles. The van der Waals surface area contributed by atoms with Crippen molar-refractivity contribution in [1.82, 2.24) is 10.2 Å². The largest absolute Gasteiger partial charge is 0.316 e. The van der Waals surface area contributed by atoms with Crippen molar-refractivity contribution in [2.45, 2.75) is 6.92 Å². The second kappa shape index (κ2) is 2.51. The van der Waals surface area contributed by atoms with Crippen molar-refractivity contribution in [3.8, 4) is 0 Å². The summed E-state index contributed by atoms with van der Waals surface area (Å²) in [4.78, 5) is 2.57. The first-order valence-corrected chi connectivity index (χ1v) is 4.33. The summed E-state index contributed by atoms with van der Waals surface area (Å²) in [7, 11) is 0. The fourth-order valence-corrected chi connectivity index (χ4v) is 2.21. The van der Waals surface area contributed by atoms with Crippen LogP contribution >= 0.6 is 0 Å². The molecule has 0 amide bonds. The lowest BCUT2D eigenvalue weighted by Crippen LogP contribution is -2.25. The Bertz CT molecular complexity index is 112. The molecule has 2 rings (SSSR count). The van der Waals surface area contributed by atoms with Crippen molar-refractivity contribution >= 4 is 0 Å². The summed E-state index contributed by atoms with van der Waals surface area (Å²) in [5, 5.41) is 3.44. The van der Waals surface area contributed by atoms with Crippen LogP contribution in [0.15, 0.2) is 0 Å². The van der Waals surface area contributed by atoms with Gasteiger partial charge in [-0.3, -0.25) is 0 Å². The average molecular weight is 140 g/mol. The summed E-state index contributed by atoms with van der Waals surface area (Å²) < 4.78 is 0. The van der Waals surface area contributed by atoms with Crippen molar-refractivity contribution in [1.29, 1.82) is 0 Å². The maximum absolute atomic E-state index is 3.44. The monoisotopic (exact) mass is 140 g/mol. The van der Waals surface area contributed by atoms with E-state index in [0.29, 0.717) is 0 Å². The third-order valence-corrected chi connectivity index (χ3v) is 2.91. The van der Waals surface area contributed by atoms with Gasteiger partial charge in [-0.25, -0.2) is 0 Å². The van der Waals surface area contributed by atoms with E-state index in [-0.39, 0.29) is 0 Å². The molecule has 10 heavy (non-hydrogen) atoms. The SMILES string of the molecule is CCN1C[C@@H]2CNC[C@H]2C1. The molecule has 2 aliphatic heterocycles. The highest BCUT2D eigenvalue weighted by Crippen LogP contribution is 2.25. The fraction of sp³-hybridized carbons (Fsp3) is 1.00. The van der Waals surface area contributed by atoms with E-state index in [1.54, 1.807) is 0 Å². The van der Waals surface area contributed by atoms with E-state index < -0.39 is 0 Å². The molecule has 0 aliphatic carbocycles. The Hall–Kier alpha value is -0.0800. The van der Waals surface area contributed by atoms with Crippen molar-refractivity contribution in [2.75, 3.05) is 32.7 Å². The Kier molecular flexibility index (Phi) is 1.66. The third-order valence-electron chi connectivity index (χ3n) is 2.91. The molecule has 2 fully saturated rings. The predicted molar refractivity (Wildman–Crippen MR) is 42.0 cm³/mol. The summed E-state index contributed by atoms with van der Waals surface area (Å²) in [6, 6.07) is 0. The van der Waals surface area contributed by atoms with Gasteiger partial charge in [-0.05, 0) is 31.5 Å². The normalized spacial score (nSPS) is 40.5. The van der Waals surface area contributed by atoms with E-state index in [1.807, 2.05) is 0 Å². The van der Waals surface area contributed by atoms with Crippen LogP contribution in [0.2, 0.25) is 0 Å². The van der Waals surface area contributed by atoms with Crippen molar-refractivity contribution in [3.05, 3.63) is 0 Å². The summed E-state index contributed by atoms with van der Waals surface area (Å²) >= 11 is 0. The van der Waals surface area contributed by atoms with E-state index in [0.717, 1.165) is 11.8 Å². The number of nitrogens with one attached hydrogen (secondary N) is 1. The first kappa shape index (κ1) is 6.62. The van der Waals surface area contributed by atoms with E-state index in [2.05, 4.69) is 17.1 Å². The van der Waals surface area contributed by atoms with Crippen LogP contribution < -0.4 is 5.32 Å². The Morgan fingerprint density at radius 3 is 2.40 bits per heavy atom. The second-order valence-corrected chi connectivity index (χ2v) is 3.53. The Morgan fingerprint density at radius 1 is 1.30 bits per heavy atom. The molecule has 0 bridgehead atoms. The van der Waals surface area contributed by atoms with Crippen molar-refractivity contribution < 1.29 is 0 Å². The predicted octanol–water partition coefficient (Wildman–Crippen LogP) is 0.158. The second-order valence-electron chi connectivity index (χ2n) is 3.53. The molecule has 0 aromatic rings. The van der Waals surface area contributed by atoms with E-state index in [1.165, 1.54) is 32.7 Å². The van der Waals surface area contributed by atoms with Crippen LogP contribution in [0, 0.1) is 11.8 Å². The van der Waals surface area contributed by atoms with Gasteiger partial charge in [0.15, 0.2) is 0 Å². The zero-order valence-corrected chi connectivity index (χ0v) is 6.64. The molecular formula is C8H16N2. The van der Waals surface area contributed by atoms with Gasteiger partial charge in [-0.1, -0.05) is 6.92 Å². The van der Waals surface area contributed by atoms with Gasteiger partial charge in [0.25, 0.3) is 0 Å². The van der Waals surface area contributed by atoms with Crippen LogP contribution in [-0.2, 0) is 0 Å². The fourth-order valence-electron chi connectivity index (χ4n) is 2.21. The minimum Gasteiger partial charge on any atom is -0.316 e. The first-order valence-electron chi connectivity index (χ1n) is 4.33. The van der Waals surface area contributed by atoms with Crippen LogP contribution in [-0.4, -0.2) is 37.6 Å². The average Bonchev–Trinajstić information content (AvgIpc) is 2.42. The topological polar surface area (TPSA) is 15.3 Å². The zero-order valence-electron chi connectivity index (χ0n) is 6.64. The lowest BCUT2D eigenvalue weighted by atomic mass is 10.0. The summed E-state index contributed by atoms with van der Waals surface area (Å²) in [5.74, 6) is 1.94. The molecule has 1 N–H and O–H groups in total. The van der Waals surface area contributed by atoms with Gasteiger partial charge in [-0.15, -0.1) is 0 Å². The lowest BCUT2D eigenvalue weighted by Gasteiger charge is -2.12. The standard InChI is InChI=1S/C8H16N2/c1-2-10-5-7-3-9-4-8(7)6-10/h7-9H,2-6H2,1H3/t7-,8-/m0/s1. The van der Waals surface area contributed by atoms with Crippen molar-refractivity contribution in [3.63, 3.8) is 0 Å². The molecule has 0 radical (unpaired) electrons. The third kappa shape index (κ3) is 0.956.